The third kappa shape index (κ3) is 4.39. The SMILES string of the molecule is COc1ccccc1NC(=O)c1ccc(NCc2cccc(C)c2)cn1. The molecule has 2 aromatic carbocycles. The van der Waals surface area contributed by atoms with Gasteiger partial charge in [-0.05, 0) is 36.8 Å². The normalized spacial score (nSPS) is 10.2. The summed E-state index contributed by atoms with van der Waals surface area (Å²) < 4.78 is 5.24. The van der Waals surface area contributed by atoms with E-state index >= 15 is 0 Å². The van der Waals surface area contributed by atoms with Crippen molar-refractivity contribution in [3.63, 3.8) is 0 Å². The Bertz CT molecular complexity index is 892. The maximum absolute atomic E-state index is 12.4. The number of pyridine rings is 1. The first kappa shape index (κ1) is 17.5. The Labute approximate surface area is 153 Å². The Morgan fingerprint density at radius 1 is 1.08 bits per heavy atom. The average molecular weight is 347 g/mol. The van der Waals surface area contributed by atoms with E-state index in [2.05, 4.69) is 40.7 Å². The predicted molar refractivity (Wildman–Crippen MR) is 104 cm³/mol. The van der Waals surface area contributed by atoms with Gasteiger partial charge < -0.3 is 15.4 Å². The van der Waals surface area contributed by atoms with Crippen LogP contribution in [-0.2, 0) is 6.54 Å². The van der Waals surface area contributed by atoms with Crippen LogP contribution in [-0.4, -0.2) is 18.0 Å². The van der Waals surface area contributed by atoms with Gasteiger partial charge in [0.1, 0.15) is 11.4 Å². The minimum atomic E-state index is -0.278. The number of nitrogens with zero attached hydrogens (tertiary/aromatic N) is 1. The minimum absolute atomic E-state index is 0.278. The number of hydrogen-bond donors (Lipinski definition) is 2. The van der Waals surface area contributed by atoms with Crippen LogP contribution < -0.4 is 15.4 Å². The largest absolute Gasteiger partial charge is 0.495 e. The fourth-order valence-corrected chi connectivity index (χ4v) is 2.59. The van der Waals surface area contributed by atoms with Crippen molar-refractivity contribution in [2.75, 3.05) is 17.7 Å². The fourth-order valence-electron chi connectivity index (χ4n) is 2.59. The van der Waals surface area contributed by atoms with E-state index in [1.165, 1.54) is 11.1 Å². The molecule has 0 unspecified atom stereocenters. The molecule has 0 bridgehead atoms. The molecule has 5 heteroatoms. The van der Waals surface area contributed by atoms with E-state index in [-0.39, 0.29) is 5.91 Å². The van der Waals surface area contributed by atoms with Crippen molar-refractivity contribution in [2.45, 2.75) is 13.5 Å². The zero-order valence-corrected chi connectivity index (χ0v) is 14.8. The number of anilines is 2. The maximum atomic E-state index is 12.4. The maximum Gasteiger partial charge on any atom is 0.274 e. The van der Waals surface area contributed by atoms with Gasteiger partial charge in [-0.3, -0.25) is 4.79 Å². The molecule has 2 N–H and O–H groups in total. The van der Waals surface area contributed by atoms with Crippen LogP contribution in [0.3, 0.4) is 0 Å². The Morgan fingerprint density at radius 2 is 1.92 bits per heavy atom. The van der Waals surface area contributed by atoms with Crippen molar-refractivity contribution in [3.8, 4) is 5.75 Å². The number of hydrogen-bond acceptors (Lipinski definition) is 4. The summed E-state index contributed by atoms with van der Waals surface area (Å²) in [6.45, 7) is 2.77. The monoisotopic (exact) mass is 347 g/mol. The number of carbonyl (C=O) groups excluding carboxylic acids is 1. The highest BCUT2D eigenvalue weighted by Gasteiger charge is 2.10. The molecule has 0 atom stereocenters. The third-order valence-corrected chi connectivity index (χ3v) is 3.93. The number of amides is 1. The quantitative estimate of drug-likeness (QED) is 0.699. The summed E-state index contributed by atoms with van der Waals surface area (Å²) in [5, 5.41) is 6.12. The molecule has 1 heterocycles. The lowest BCUT2D eigenvalue weighted by molar-refractivity contribution is 0.102. The lowest BCUT2D eigenvalue weighted by Gasteiger charge is -2.10. The highest BCUT2D eigenvalue weighted by atomic mass is 16.5. The number of nitrogens with one attached hydrogen (secondary N) is 2. The second-order valence-corrected chi connectivity index (χ2v) is 5.93. The Balaban J connectivity index is 1.62. The Morgan fingerprint density at radius 3 is 2.65 bits per heavy atom. The molecule has 5 nitrogen and oxygen atoms in total. The summed E-state index contributed by atoms with van der Waals surface area (Å²) in [6, 6.07) is 19.1. The van der Waals surface area contributed by atoms with Gasteiger partial charge in [0.05, 0.1) is 24.7 Å². The van der Waals surface area contributed by atoms with Crippen molar-refractivity contribution in [3.05, 3.63) is 83.7 Å². The molecule has 3 aromatic rings. The van der Waals surface area contributed by atoms with Crippen LogP contribution in [0.2, 0.25) is 0 Å². The van der Waals surface area contributed by atoms with E-state index in [9.17, 15) is 4.79 Å². The standard InChI is InChI=1S/C21H21N3O2/c1-15-6-5-7-16(12-15)13-22-17-10-11-19(23-14-17)21(25)24-18-8-3-4-9-20(18)26-2/h3-12,14,22H,13H2,1-2H3,(H,24,25). The van der Waals surface area contributed by atoms with Gasteiger partial charge in [-0.2, -0.15) is 0 Å². The Hall–Kier alpha value is -3.34. The van der Waals surface area contributed by atoms with E-state index in [0.717, 1.165) is 5.69 Å². The number of para-hydroxylation sites is 2. The summed E-state index contributed by atoms with van der Waals surface area (Å²) in [5.41, 5.74) is 4.24. The molecule has 0 radical (unpaired) electrons. The summed E-state index contributed by atoms with van der Waals surface area (Å²) in [5.74, 6) is 0.331. The van der Waals surface area contributed by atoms with Crippen molar-refractivity contribution in [2.24, 2.45) is 0 Å². The lowest BCUT2D eigenvalue weighted by Crippen LogP contribution is -2.14. The summed E-state index contributed by atoms with van der Waals surface area (Å²) in [7, 11) is 1.57. The van der Waals surface area contributed by atoms with Gasteiger partial charge in [0.25, 0.3) is 5.91 Å². The number of methoxy groups -OCH3 is 1. The van der Waals surface area contributed by atoms with Crippen molar-refractivity contribution in [1.82, 2.24) is 4.98 Å². The zero-order chi connectivity index (χ0) is 18.4. The lowest BCUT2D eigenvalue weighted by atomic mass is 10.1. The van der Waals surface area contributed by atoms with E-state index in [0.29, 0.717) is 23.7 Å². The van der Waals surface area contributed by atoms with Crippen LogP contribution in [0, 0.1) is 6.92 Å². The highest BCUT2D eigenvalue weighted by Crippen LogP contribution is 2.23. The molecule has 0 fully saturated rings. The molecule has 0 spiro atoms. The Kier molecular flexibility index (Phi) is 5.49. The van der Waals surface area contributed by atoms with Gasteiger partial charge in [-0.15, -0.1) is 0 Å². The van der Waals surface area contributed by atoms with Crippen LogP contribution in [0.1, 0.15) is 21.6 Å². The number of rotatable bonds is 6. The van der Waals surface area contributed by atoms with Gasteiger partial charge in [-0.25, -0.2) is 4.98 Å². The van der Waals surface area contributed by atoms with Crippen molar-refractivity contribution < 1.29 is 9.53 Å². The predicted octanol–water partition coefficient (Wildman–Crippen LogP) is 4.26. The van der Waals surface area contributed by atoms with Gasteiger partial charge in [0, 0.05) is 6.54 Å². The average Bonchev–Trinajstić information content (AvgIpc) is 2.67. The molecule has 132 valence electrons. The first-order valence-electron chi connectivity index (χ1n) is 8.35. The van der Waals surface area contributed by atoms with Gasteiger partial charge in [-0.1, -0.05) is 42.0 Å². The molecule has 1 amide bonds. The second-order valence-electron chi connectivity index (χ2n) is 5.93. The van der Waals surface area contributed by atoms with Crippen molar-refractivity contribution >= 4 is 17.3 Å². The molecule has 0 aliphatic carbocycles. The molecule has 0 aliphatic rings. The highest BCUT2D eigenvalue weighted by molar-refractivity contribution is 6.03. The van der Waals surface area contributed by atoms with Crippen LogP contribution in [0.15, 0.2) is 66.9 Å². The minimum Gasteiger partial charge on any atom is -0.495 e. The van der Waals surface area contributed by atoms with E-state index < -0.39 is 0 Å². The number of benzene rings is 2. The van der Waals surface area contributed by atoms with Crippen LogP contribution in [0.4, 0.5) is 11.4 Å². The molecule has 0 saturated carbocycles. The van der Waals surface area contributed by atoms with E-state index in [1.54, 1.807) is 31.5 Å². The number of carbonyl (C=O) groups is 1. The van der Waals surface area contributed by atoms with E-state index in [1.807, 2.05) is 24.3 Å². The molecular formula is C21H21N3O2. The molecule has 0 saturated heterocycles. The molecule has 0 aliphatic heterocycles. The van der Waals surface area contributed by atoms with Gasteiger partial charge >= 0.3 is 0 Å². The number of ether oxygens (including phenoxy) is 1. The molecule has 26 heavy (non-hydrogen) atoms. The smallest absolute Gasteiger partial charge is 0.274 e. The number of aryl methyl sites for hydroxylation is 1. The number of aromatic nitrogens is 1. The molecular weight excluding hydrogens is 326 g/mol. The zero-order valence-electron chi connectivity index (χ0n) is 14.8. The molecule has 1 aromatic heterocycles. The van der Waals surface area contributed by atoms with Crippen molar-refractivity contribution in [1.29, 1.82) is 0 Å². The first-order chi connectivity index (χ1) is 12.7. The summed E-state index contributed by atoms with van der Waals surface area (Å²) in [6.07, 6.45) is 1.66. The summed E-state index contributed by atoms with van der Waals surface area (Å²) in [4.78, 5) is 16.6. The van der Waals surface area contributed by atoms with Crippen LogP contribution >= 0.6 is 0 Å². The third-order valence-electron chi connectivity index (χ3n) is 3.93. The van der Waals surface area contributed by atoms with Crippen LogP contribution in [0.5, 0.6) is 5.75 Å². The fraction of sp³-hybridized carbons (Fsp3) is 0.143. The first-order valence-corrected chi connectivity index (χ1v) is 8.35. The second kappa shape index (κ2) is 8.16. The molecule has 3 rings (SSSR count). The van der Waals surface area contributed by atoms with Crippen LogP contribution in [0.25, 0.3) is 0 Å². The topological polar surface area (TPSA) is 63.2 Å². The summed E-state index contributed by atoms with van der Waals surface area (Å²) >= 11 is 0. The van der Waals surface area contributed by atoms with Gasteiger partial charge in [0.2, 0.25) is 0 Å². The van der Waals surface area contributed by atoms with E-state index in [4.69, 9.17) is 4.74 Å². The van der Waals surface area contributed by atoms with Gasteiger partial charge in [0.15, 0.2) is 0 Å².